The minimum absolute atomic E-state index is 0. The molecule has 0 atom stereocenters. The van der Waals surface area contributed by atoms with Crippen LogP contribution >= 0.6 is 24.0 Å². The standard InChI is InChI=1S/C21H33N3O2.HI/c1-3-25-18-12-14-24(15-13-18)21(22-2)23-16-17-8-4-7-11-20(17)26-19-9-5-6-10-19;/h4,7-8,11,18-19H,3,5-6,9-10,12-16H2,1-2H3,(H,22,23);1H. The highest BCUT2D eigenvalue weighted by atomic mass is 127. The average molecular weight is 487 g/mol. The fourth-order valence-corrected chi connectivity index (χ4v) is 3.93. The fourth-order valence-electron chi connectivity index (χ4n) is 3.93. The Labute approximate surface area is 180 Å². The van der Waals surface area contributed by atoms with Crippen molar-refractivity contribution in [3.8, 4) is 5.75 Å². The van der Waals surface area contributed by atoms with E-state index in [2.05, 4.69) is 46.4 Å². The largest absolute Gasteiger partial charge is 0.490 e. The molecule has 0 amide bonds. The molecule has 27 heavy (non-hydrogen) atoms. The van der Waals surface area contributed by atoms with Crippen LogP contribution in [0.15, 0.2) is 29.3 Å². The summed E-state index contributed by atoms with van der Waals surface area (Å²) in [6.45, 7) is 5.59. The van der Waals surface area contributed by atoms with E-state index in [-0.39, 0.29) is 24.0 Å². The molecule has 0 spiro atoms. The Kier molecular flexibility index (Phi) is 9.68. The second kappa shape index (κ2) is 11.7. The predicted molar refractivity (Wildman–Crippen MR) is 121 cm³/mol. The molecule has 0 unspecified atom stereocenters. The van der Waals surface area contributed by atoms with Gasteiger partial charge >= 0.3 is 0 Å². The van der Waals surface area contributed by atoms with Gasteiger partial charge in [-0.3, -0.25) is 4.99 Å². The van der Waals surface area contributed by atoms with Crippen molar-refractivity contribution < 1.29 is 9.47 Å². The first-order valence-corrected chi connectivity index (χ1v) is 10.1. The Morgan fingerprint density at radius 3 is 2.48 bits per heavy atom. The van der Waals surface area contributed by atoms with Crippen molar-refractivity contribution in [3.63, 3.8) is 0 Å². The zero-order valence-corrected chi connectivity index (χ0v) is 19.0. The molecule has 1 saturated carbocycles. The van der Waals surface area contributed by atoms with Crippen LogP contribution < -0.4 is 10.1 Å². The van der Waals surface area contributed by atoms with E-state index in [1.807, 2.05) is 7.05 Å². The number of nitrogens with one attached hydrogen (secondary N) is 1. The monoisotopic (exact) mass is 487 g/mol. The van der Waals surface area contributed by atoms with Crippen LogP contribution in [0.5, 0.6) is 5.75 Å². The highest BCUT2D eigenvalue weighted by molar-refractivity contribution is 14.0. The van der Waals surface area contributed by atoms with E-state index < -0.39 is 0 Å². The molecule has 2 aliphatic rings. The highest BCUT2D eigenvalue weighted by Crippen LogP contribution is 2.26. The molecule has 1 saturated heterocycles. The van der Waals surface area contributed by atoms with Gasteiger partial charge < -0.3 is 19.7 Å². The molecule has 1 N–H and O–H groups in total. The Morgan fingerprint density at radius 2 is 1.81 bits per heavy atom. The summed E-state index contributed by atoms with van der Waals surface area (Å²) in [4.78, 5) is 6.81. The Balaban J connectivity index is 0.00000261. The van der Waals surface area contributed by atoms with Crippen LogP contribution in [0.3, 0.4) is 0 Å². The molecule has 0 radical (unpaired) electrons. The summed E-state index contributed by atoms with van der Waals surface area (Å²) in [5.74, 6) is 1.98. The molecule has 5 nitrogen and oxygen atoms in total. The molecule has 2 fully saturated rings. The summed E-state index contributed by atoms with van der Waals surface area (Å²) >= 11 is 0. The first kappa shape index (κ1) is 22.3. The summed E-state index contributed by atoms with van der Waals surface area (Å²) in [7, 11) is 1.86. The van der Waals surface area contributed by atoms with Crippen LogP contribution in [0.2, 0.25) is 0 Å². The van der Waals surface area contributed by atoms with Crippen molar-refractivity contribution in [1.82, 2.24) is 10.2 Å². The first-order valence-electron chi connectivity index (χ1n) is 10.1. The summed E-state index contributed by atoms with van der Waals surface area (Å²) < 4.78 is 12.0. The summed E-state index contributed by atoms with van der Waals surface area (Å²) in [5, 5.41) is 3.52. The Hall–Kier alpha value is -1.02. The molecule has 6 heteroatoms. The number of rotatable bonds is 6. The number of aliphatic imine (C=N–C) groups is 1. The smallest absolute Gasteiger partial charge is 0.193 e. The van der Waals surface area contributed by atoms with Gasteiger partial charge in [-0.1, -0.05) is 18.2 Å². The van der Waals surface area contributed by atoms with Crippen LogP contribution in [0.4, 0.5) is 0 Å². The van der Waals surface area contributed by atoms with Crippen LogP contribution in [0.1, 0.15) is 51.0 Å². The van der Waals surface area contributed by atoms with Crippen molar-refractivity contribution in [2.75, 3.05) is 26.7 Å². The van der Waals surface area contributed by atoms with Crippen LogP contribution in [0.25, 0.3) is 0 Å². The number of likely N-dealkylation sites (tertiary alicyclic amines) is 1. The normalized spacial score (nSPS) is 19.0. The Morgan fingerprint density at radius 1 is 1.11 bits per heavy atom. The molecular formula is C21H34IN3O2. The SMILES string of the molecule is CCOC1CCN(C(=NC)NCc2ccccc2OC2CCCC2)CC1.I. The molecule has 1 aromatic carbocycles. The van der Waals surface area contributed by atoms with Gasteiger partial charge in [-0.2, -0.15) is 0 Å². The van der Waals surface area contributed by atoms with E-state index in [0.29, 0.717) is 12.2 Å². The third-order valence-corrected chi connectivity index (χ3v) is 5.36. The fraction of sp³-hybridized carbons (Fsp3) is 0.667. The number of nitrogens with zero attached hydrogens (tertiary/aromatic N) is 2. The number of hydrogen-bond acceptors (Lipinski definition) is 3. The molecule has 1 aliphatic carbocycles. The van der Waals surface area contributed by atoms with Gasteiger partial charge in [0.15, 0.2) is 5.96 Å². The van der Waals surface area contributed by atoms with E-state index in [4.69, 9.17) is 9.47 Å². The van der Waals surface area contributed by atoms with Crippen LogP contribution in [0, 0.1) is 0 Å². The molecular weight excluding hydrogens is 453 g/mol. The minimum atomic E-state index is 0. The van der Waals surface area contributed by atoms with Gasteiger partial charge in [-0.15, -0.1) is 24.0 Å². The lowest BCUT2D eigenvalue weighted by molar-refractivity contribution is 0.0263. The van der Waals surface area contributed by atoms with Crippen LogP contribution in [-0.4, -0.2) is 49.8 Å². The number of ether oxygens (including phenoxy) is 2. The first-order chi connectivity index (χ1) is 12.8. The van der Waals surface area contributed by atoms with E-state index in [1.165, 1.54) is 31.2 Å². The van der Waals surface area contributed by atoms with Gasteiger partial charge in [0.1, 0.15) is 5.75 Å². The number of benzene rings is 1. The minimum Gasteiger partial charge on any atom is -0.490 e. The number of hydrogen-bond donors (Lipinski definition) is 1. The van der Waals surface area contributed by atoms with Crippen molar-refractivity contribution in [2.24, 2.45) is 4.99 Å². The van der Waals surface area contributed by atoms with E-state index >= 15 is 0 Å². The zero-order valence-electron chi connectivity index (χ0n) is 16.7. The molecule has 1 heterocycles. The average Bonchev–Trinajstić information content (AvgIpc) is 3.18. The second-order valence-electron chi connectivity index (χ2n) is 7.17. The van der Waals surface area contributed by atoms with Crippen molar-refractivity contribution >= 4 is 29.9 Å². The third-order valence-electron chi connectivity index (χ3n) is 5.36. The molecule has 0 aromatic heterocycles. The number of guanidine groups is 1. The molecule has 3 rings (SSSR count). The topological polar surface area (TPSA) is 46.1 Å². The van der Waals surface area contributed by atoms with Crippen molar-refractivity contribution in [1.29, 1.82) is 0 Å². The number of halogens is 1. The summed E-state index contributed by atoms with van der Waals surface area (Å²) in [6, 6.07) is 8.37. The predicted octanol–water partition coefficient (Wildman–Crippen LogP) is 4.20. The lowest BCUT2D eigenvalue weighted by Crippen LogP contribution is -2.46. The van der Waals surface area contributed by atoms with Gasteiger partial charge in [-0.25, -0.2) is 0 Å². The van der Waals surface area contributed by atoms with Crippen molar-refractivity contribution in [3.05, 3.63) is 29.8 Å². The van der Waals surface area contributed by atoms with Gasteiger partial charge in [0.2, 0.25) is 0 Å². The highest BCUT2D eigenvalue weighted by Gasteiger charge is 2.22. The lowest BCUT2D eigenvalue weighted by Gasteiger charge is -2.34. The number of piperidine rings is 1. The van der Waals surface area contributed by atoms with E-state index in [9.17, 15) is 0 Å². The van der Waals surface area contributed by atoms with Gasteiger partial charge in [0.25, 0.3) is 0 Å². The number of para-hydroxylation sites is 1. The van der Waals surface area contributed by atoms with Gasteiger partial charge in [-0.05, 0) is 51.5 Å². The van der Waals surface area contributed by atoms with Crippen molar-refractivity contribution in [2.45, 2.75) is 64.2 Å². The zero-order chi connectivity index (χ0) is 18.2. The molecule has 1 aliphatic heterocycles. The van der Waals surface area contributed by atoms with Gasteiger partial charge in [0.05, 0.1) is 12.2 Å². The Bertz CT molecular complexity index is 583. The molecule has 152 valence electrons. The second-order valence-corrected chi connectivity index (χ2v) is 7.17. The van der Waals surface area contributed by atoms with Crippen LogP contribution in [-0.2, 0) is 11.3 Å². The maximum absolute atomic E-state index is 6.25. The van der Waals surface area contributed by atoms with E-state index in [1.54, 1.807) is 0 Å². The summed E-state index contributed by atoms with van der Waals surface area (Å²) in [6.07, 6.45) is 7.84. The summed E-state index contributed by atoms with van der Waals surface area (Å²) in [5.41, 5.74) is 1.20. The molecule has 1 aromatic rings. The third kappa shape index (κ3) is 6.52. The maximum Gasteiger partial charge on any atom is 0.193 e. The molecule has 0 bridgehead atoms. The lowest BCUT2D eigenvalue weighted by atomic mass is 10.1. The maximum atomic E-state index is 6.25. The van der Waals surface area contributed by atoms with E-state index in [0.717, 1.165) is 50.8 Å². The quantitative estimate of drug-likeness (QED) is 0.371. The van der Waals surface area contributed by atoms with Gasteiger partial charge in [0, 0.05) is 38.9 Å².